The Kier molecular flexibility index (Phi) is 13.4. The number of hydrogen-bond acceptors (Lipinski definition) is 1. The second kappa shape index (κ2) is 16.2. The summed E-state index contributed by atoms with van der Waals surface area (Å²) in [6, 6.07) is 5.50. The van der Waals surface area contributed by atoms with Gasteiger partial charge in [-0.25, -0.2) is 13.2 Å². The molecular weight excluding hydrogens is 485 g/mol. The van der Waals surface area contributed by atoms with Crippen LogP contribution in [0, 0.1) is 23.5 Å². The molecule has 0 N–H and O–H groups in total. The summed E-state index contributed by atoms with van der Waals surface area (Å²) >= 11 is 0. The van der Waals surface area contributed by atoms with Gasteiger partial charge in [0.1, 0.15) is 12.8 Å². The van der Waals surface area contributed by atoms with Gasteiger partial charge in [0, 0.05) is 8.80 Å². The van der Waals surface area contributed by atoms with Crippen molar-refractivity contribution in [2.75, 3.05) is 6.61 Å². The molecule has 1 heterocycles. The molecule has 1 atom stereocenters. The summed E-state index contributed by atoms with van der Waals surface area (Å²) in [6.45, 7) is 6.55. The van der Waals surface area contributed by atoms with Crippen LogP contribution in [0.5, 0.6) is 5.75 Å². The minimum atomic E-state index is -1.19. The fourth-order valence-corrected chi connectivity index (χ4v) is 11.0. The van der Waals surface area contributed by atoms with E-state index in [9.17, 15) is 13.2 Å². The maximum absolute atomic E-state index is 14.8. The van der Waals surface area contributed by atoms with Crippen LogP contribution in [0.2, 0.25) is 17.6 Å². The van der Waals surface area contributed by atoms with Crippen LogP contribution in [0.4, 0.5) is 13.2 Å². The Hall–Kier alpha value is -0.973. The van der Waals surface area contributed by atoms with Crippen LogP contribution in [-0.2, 0) is 0 Å². The molecule has 1 aromatic carbocycles. The second-order valence-electron chi connectivity index (χ2n) is 12.6. The van der Waals surface area contributed by atoms with E-state index in [0.717, 1.165) is 55.0 Å². The predicted molar refractivity (Wildman–Crippen MR) is 153 cm³/mol. The standard InChI is InChI=1S/C32H53F3OSi/c1-4-5-6-7-8-9-10-28(33)23-36-32-30(34)21-27(22-31(32)35)26-17-19-37(20-18-26)29-15-13-25(14-16-29)12-11-24(2)3/h21-22,24-26,28-29,37H,4-20,23H2,1-3H3. The maximum Gasteiger partial charge on any atom is 0.190 e. The summed E-state index contributed by atoms with van der Waals surface area (Å²) in [5.41, 5.74) is 1.74. The van der Waals surface area contributed by atoms with Gasteiger partial charge in [-0.1, -0.05) is 110 Å². The van der Waals surface area contributed by atoms with E-state index in [1.807, 2.05) is 0 Å². The largest absolute Gasteiger partial charge is 0.485 e. The third-order valence-electron chi connectivity index (χ3n) is 9.25. The lowest BCUT2D eigenvalue weighted by Gasteiger charge is -2.37. The monoisotopic (exact) mass is 538 g/mol. The average molecular weight is 539 g/mol. The van der Waals surface area contributed by atoms with Crippen molar-refractivity contribution in [3.8, 4) is 5.75 Å². The van der Waals surface area contributed by atoms with Crippen LogP contribution in [0.1, 0.15) is 129 Å². The zero-order chi connectivity index (χ0) is 26.6. The minimum Gasteiger partial charge on any atom is -0.485 e. The van der Waals surface area contributed by atoms with Gasteiger partial charge in [-0.05, 0) is 60.3 Å². The second-order valence-corrected chi connectivity index (χ2v) is 16.3. The number of ether oxygens (including phenoxy) is 1. The maximum atomic E-state index is 14.8. The Morgan fingerprint density at radius 1 is 0.865 bits per heavy atom. The third kappa shape index (κ3) is 10.3. The summed E-state index contributed by atoms with van der Waals surface area (Å²) in [7, 11) is -0.766. The molecule has 0 amide bonds. The lowest BCUT2D eigenvalue weighted by molar-refractivity contribution is 0.173. The molecule has 1 saturated heterocycles. The first-order valence-corrected chi connectivity index (χ1v) is 17.9. The van der Waals surface area contributed by atoms with Gasteiger partial charge in [0.15, 0.2) is 17.4 Å². The molecule has 2 fully saturated rings. The molecule has 3 rings (SSSR count). The van der Waals surface area contributed by atoms with Crippen molar-refractivity contribution >= 4 is 8.80 Å². The van der Waals surface area contributed by atoms with Gasteiger partial charge in [0.25, 0.3) is 0 Å². The van der Waals surface area contributed by atoms with Gasteiger partial charge in [-0.2, -0.15) is 0 Å². The minimum absolute atomic E-state index is 0.241. The number of unbranched alkanes of at least 4 members (excludes halogenated alkanes) is 5. The molecule has 37 heavy (non-hydrogen) atoms. The quantitative estimate of drug-likeness (QED) is 0.159. The highest BCUT2D eigenvalue weighted by molar-refractivity contribution is 6.60. The van der Waals surface area contributed by atoms with E-state index < -0.39 is 32.4 Å². The molecule has 1 nitrogen and oxygen atoms in total. The predicted octanol–water partition coefficient (Wildman–Crippen LogP) is 10.5. The molecule has 5 heteroatoms. The number of hydrogen-bond donors (Lipinski definition) is 0. The summed E-state index contributed by atoms with van der Waals surface area (Å²) < 4.78 is 49.1. The zero-order valence-corrected chi connectivity index (χ0v) is 25.0. The molecule has 1 aliphatic carbocycles. The normalized spacial score (nSPS) is 25.4. The number of benzene rings is 1. The van der Waals surface area contributed by atoms with Crippen LogP contribution in [0.25, 0.3) is 0 Å². The van der Waals surface area contributed by atoms with E-state index >= 15 is 0 Å². The summed E-state index contributed by atoms with van der Waals surface area (Å²) in [4.78, 5) is 0. The first-order chi connectivity index (χ1) is 17.9. The van der Waals surface area contributed by atoms with Gasteiger partial charge in [0.05, 0.1) is 0 Å². The van der Waals surface area contributed by atoms with Crippen molar-refractivity contribution in [3.63, 3.8) is 0 Å². The summed E-state index contributed by atoms with van der Waals surface area (Å²) in [6.07, 6.45) is 16.3. The summed E-state index contributed by atoms with van der Waals surface area (Å²) in [5, 5.41) is 0. The molecule has 1 aromatic rings. The van der Waals surface area contributed by atoms with Gasteiger partial charge in [0.2, 0.25) is 0 Å². The highest BCUT2D eigenvalue weighted by atomic mass is 28.3. The van der Waals surface area contributed by atoms with Crippen molar-refractivity contribution in [3.05, 3.63) is 29.3 Å². The Morgan fingerprint density at radius 2 is 1.49 bits per heavy atom. The highest BCUT2D eigenvalue weighted by Crippen LogP contribution is 2.44. The van der Waals surface area contributed by atoms with Crippen molar-refractivity contribution in [2.45, 2.75) is 147 Å². The Morgan fingerprint density at radius 3 is 2.11 bits per heavy atom. The van der Waals surface area contributed by atoms with Crippen LogP contribution < -0.4 is 4.74 Å². The van der Waals surface area contributed by atoms with Crippen LogP contribution >= 0.6 is 0 Å². The van der Waals surface area contributed by atoms with Gasteiger partial charge >= 0.3 is 0 Å². The van der Waals surface area contributed by atoms with Gasteiger partial charge < -0.3 is 4.74 Å². The molecule has 0 spiro atoms. The van der Waals surface area contributed by atoms with E-state index in [4.69, 9.17) is 4.74 Å². The zero-order valence-electron chi connectivity index (χ0n) is 23.9. The first-order valence-electron chi connectivity index (χ1n) is 15.6. The lowest BCUT2D eigenvalue weighted by atomic mass is 9.84. The van der Waals surface area contributed by atoms with Gasteiger partial charge in [-0.3, -0.25) is 0 Å². The fourth-order valence-electron chi connectivity index (χ4n) is 6.80. The lowest BCUT2D eigenvalue weighted by Crippen LogP contribution is -2.29. The molecule has 0 aromatic heterocycles. The Labute approximate surface area is 226 Å². The van der Waals surface area contributed by atoms with E-state index in [0.29, 0.717) is 6.42 Å². The van der Waals surface area contributed by atoms with E-state index in [2.05, 4.69) is 20.8 Å². The first kappa shape index (κ1) is 30.6. The molecule has 212 valence electrons. The van der Waals surface area contributed by atoms with Crippen LogP contribution in [0.15, 0.2) is 12.1 Å². The van der Waals surface area contributed by atoms with Crippen molar-refractivity contribution in [2.24, 2.45) is 11.8 Å². The third-order valence-corrected chi connectivity index (χ3v) is 13.4. The van der Waals surface area contributed by atoms with Crippen molar-refractivity contribution in [1.82, 2.24) is 0 Å². The fraction of sp³-hybridized carbons (Fsp3) is 0.812. The van der Waals surface area contributed by atoms with Crippen LogP contribution in [-0.4, -0.2) is 21.6 Å². The molecular formula is C32H53F3OSi. The number of rotatable bonds is 15. The van der Waals surface area contributed by atoms with Crippen molar-refractivity contribution in [1.29, 1.82) is 0 Å². The SMILES string of the molecule is CCCCCCCCC(F)COc1c(F)cc(C2CC[SiH](C3CCC(CCC(C)C)CC3)CC2)cc1F. The average Bonchev–Trinajstić information content (AvgIpc) is 2.89. The molecule has 2 aliphatic rings. The topological polar surface area (TPSA) is 9.23 Å². The number of halogens is 3. The van der Waals surface area contributed by atoms with Gasteiger partial charge in [-0.15, -0.1) is 0 Å². The van der Waals surface area contributed by atoms with E-state index in [1.165, 1.54) is 82.0 Å². The molecule has 1 saturated carbocycles. The Balaban J connectivity index is 1.40. The van der Waals surface area contributed by atoms with E-state index in [-0.39, 0.29) is 12.5 Å². The van der Waals surface area contributed by atoms with E-state index in [1.54, 1.807) is 0 Å². The molecule has 1 aliphatic heterocycles. The molecule has 0 radical (unpaired) electrons. The smallest absolute Gasteiger partial charge is 0.190 e. The number of alkyl halides is 1. The summed E-state index contributed by atoms with van der Waals surface area (Å²) in [5.74, 6) is 0.228. The molecule has 1 unspecified atom stereocenters. The molecule has 0 bridgehead atoms. The van der Waals surface area contributed by atoms with Crippen molar-refractivity contribution < 1.29 is 17.9 Å². The highest BCUT2D eigenvalue weighted by Gasteiger charge is 2.32. The van der Waals surface area contributed by atoms with Crippen LogP contribution in [0.3, 0.4) is 0 Å². The Bertz CT molecular complexity index is 746.